The molecule has 0 unspecified atom stereocenters. The van der Waals surface area contributed by atoms with Gasteiger partial charge in [0.15, 0.2) is 0 Å². The van der Waals surface area contributed by atoms with Gasteiger partial charge in [-0.1, -0.05) is 0 Å². The fourth-order valence-corrected chi connectivity index (χ4v) is 6.49. The highest BCUT2D eigenvalue weighted by Crippen LogP contribution is 2.46. The summed E-state index contributed by atoms with van der Waals surface area (Å²) in [6, 6.07) is 2.03. The molecule has 4 N–H and O–H groups in total. The van der Waals surface area contributed by atoms with E-state index >= 15 is 0 Å². The molecule has 3 aliphatic rings. The van der Waals surface area contributed by atoms with Gasteiger partial charge in [-0.25, -0.2) is 9.97 Å². The molecule has 0 bridgehead atoms. The van der Waals surface area contributed by atoms with E-state index in [9.17, 15) is 10.2 Å². The van der Waals surface area contributed by atoms with Crippen molar-refractivity contribution in [2.45, 2.75) is 77.2 Å². The first kappa shape index (κ1) is 22.1. The van der Waals surface area contributed by atoms with Crippen molar-refractivity contribution in [2.75, 3.05) is 10.6 Å². The third kappa shape index (κ3) is 4.03. The smallest absolute Gasteiger partial charge is 0.225 e. The first-order valence-corrected chi connectivity index (χ1v) is 13.2. The number of aliphatic hydroxyl groups is 2. The highest BCUT2D eigenvalue weighted by Gasteiger charge is 2.48. The fourth-order valence-electron chi connectivity index (χ4n) is 5.38. The minimum absolute atomic E-state index is 0.141. The van der Waals surface area contributed by atoms with E-state index in [1.807, 2.05) is 26.1 Å². The molecule has 3 fully saturated rings. The maximum Gasteiger partial charge on any atom is 0.225 e. The van der Waals surface area contributed by atoms with E-state index in [0.717, 1.165) is 51.4 Å². The van der Waals surface area contributed by atoms with Gasteiger partial charge in [0, 0.05) is 12.2 Å². The Balaban J connectivity index is 1.39. The molecule has 0 saturated heterocycles. The molecule has 0 aliphatic heterocycles. The molecule has 0 radical (unpaired) electrons. The van der Waals surface area contributed by atoms with Crippen molar-refractivity contribution in [3.63, 3.8) is 0 Å². The number of hydrogen-bond donors (Lipinski definition) is 4. The number of hydrogen-bond acceptors (Lipinski definition) is 9. The zero-order valence-electron chi connectivity index (χ0n) is 19.8. The van der Waals surface area contributed by atoms with E-state index in [-0.39, 0.29) is 12.0 Å². The number of thiazole rings is 1. The summed E-state index contributed by atoms with van der Waals surface area (Å²) in [4.78, 5) is 19.0. The number of aryl methyl sites for hydroxylation is 2. The number of rotatable bonds is 7. The minimum Gasteiger partial charge on any atom is -0.390 e. The number of aliphatic hydroxyl groups excluding tert-OH is 2. The lowest BCUT2D eigenvalue weighted by Gasteiger charge is -2.22. The second-order valence-electron chi connectivity index (χ2n) is 10.4. The van der Waals surface area contributed by atoms with E-state index in [1.54, 1.807) is 11.3 Å². The number of aromatic nitrogens is 4. The molecule has 9 heteroatoms. The van der Waals surface area contributed by atoms with E-state index < -0.39 is 12.2 Å². The molecule has 0 amide bonds. The van der Waals surface area contributed by atoms with Gasteiger partial charge in [-0.15, -0.1) is 11.3 Å². The van der Waals surface area contributed by atoms with Gasteiger partial charge in [-0.05, 0) is 76.7 Å². The van der Waals surface area contributed by atoms with E-state index in [2.05, 4.69) is 22.5 Å². The number of fused-ring (bicyclic) bond motifs is 1. The Morgan fingerprint density at radius 3 is 2.53 bits per heavy atom. The standard InChI is InChI=1S/C25H32N6O2S/c1-11(14-4-5-14)27-25-28-12(2)19(24-30-20-13(3)26-9-8-18(20)34-24)23(31-25)29-17-10-16(15-6-7-15)21(32)22(17)33/h8-9,11,14-17,21-22,32-33H,4-7,10H2,1-3H3,(H2,27,28,29,31)/t11-,16-,17-,21-,22+/m1/s1. The summed E-state index contributed by atoms with van der Waals surface area (Å²) in [5.41, 5.74) is 3.47. The maximum atomic E-state index is 10.9. The second-order valence-corrected chi connectivity index (χ2v) is 11.4. The molecule has 6 rings (SSSR count). The summed E-state index contributed by atoms with van der Waals surface area (Å²) < 4.78 is 1.07. The van der Waals surface area contributed by atoms with E-state index in [4.69, 9.17) is 15.0 Å². The Bertz CT molecular complexity index is 1220. The van der Waals surface area contributed by atoms with Crippen LogP contribution >= 0.6 is 11.3 Å². The highest BCUT2D eigenvalue weighted by atomic mass is 32.1. The molecule has 3 saturated carbocycles. The van der Waals surface area contributed by atoms with Crippen LogP contribution in [0.15, 0.2) is 12.3 Å². The van der Waals surface area contributed by atoms with Crippen LogP contribution in [0.2, 0.25) is 0 Å². The van der Waals surface area contributed by atoms with Gasteiger partial charge in [0.1, 0.15) is 22.4 Å². The van der Waals surface area contributed by atoms with Crippen LogP contribution in [-0.2, 0) is 0 Å². The first-order valence-electron chi connectivity index (χ1n) is 12.4. The van der Waals surface area contributed by atoms with Crippen LogP contribution in [0, 0.1) is 31.6 Å². The van der Waals surface area contributed by atoms with Crippen LogP contribution in [-0.4, -0.2) is 54.4 Å². The number of nitrogens with zero attached hydrogens (tertiary/aromatic N) is 4. The summed E-state index contributed by atoms with van der Waals surface area (Å²) in [6.45, 7) is 6.13. The zero-order valence-corrected chi connectivity index (χ0v) is 20.6. The van der Waals surface area contributed by atoms with Crippen LogP contribution < -0.4 is 10.6 Å². The van der Waals surface area contributed by atoms with E-state index in [0.29, 0.717) is 29.6 Å². The van der Waals surface area contributed by atoms with Crippen molar-refractivity contribution in [3.8, 4) is 10.6 Å². The number of nitrogens with one attached hydrogen (secondary N) is 2. The molecule has 34 heavy (non-hydrogen) atoms. The van der Waals surface area contributed by atoms with Crippen LogP contribution in [0.1, 0.15) is 50.4 Å². The summed E-state index contributed by atoms with van der Waals surface area (Å²) in [5.74, 6) is 2.59. The molecule has 0 aromatic carbocycles. The quantitative estimate of drug-likeness (QED) is 0.402. The predicted molar refractivity (Wildman–Crippen MR) is 134 cm³/mol. The molecular weight excluding hydrogens is 448 g/mol. The Kier molecular flexibility index (Phi) is 5.46. The monoisotopic (exact) mass is 480 g/mol. The normalized spacial score (nSPS) is 27.8. The number of anilines is 2. The van der Waals surface area contributed by atoms with Crippen molar-refractivity contribution in [1.29, 1.82) is 0 Å². The lowest BCUT2D eigenvalue weighted by Crippen LogP contribution is -2.35. The fraction of sp³-hybridized carbons (Fsp3) is 0.600. The van der Waals surface area contributed by atoms with Crippen molar-refractivity contribution >= 4 is 33.3 Å². The van der Waals surface area contributed by atoms with Crippen molar-refractivity contribution < 1.29 is 10.2 Å². The molecule has 3 aromatic heterocycles. The summed E-state index contributed by atoms with van der Waals surface area (Å²) >= 11 is 1.60. The lowest BCUT2D eigenvalue weighted by molar-refractivity contribution is 0.0128. The Hall–Kier alpha value is -2.36. The minimum atomic E-state index is -0.822. The summed E-state index contributed by atoms with van der Waals surface area (Å²) in [6.07, 6.45) is 5.80. The summed E-state index contributed by atoms with van der Waals surface area (Å²) in [5, 5.41) is 29.3. The van der Waals surface area contributed by atoms with Gasteiger partial charge in [0.25, 0.3) is 0 Å². The molecule has 0 spiro atoms. The van der Waals surface area contributed by atoms with Gasteiger partial charge in [0.05, 0.1) is 33.8 Å². The molecule has 180 valence electrons. The van der Waals surface area contributed by atoms with Crippen molar-refractivity contribution in [3.05, 3.63) is 23.7 Å². The third-order valence-electron chi connectivity index (χ3n) is 7.76. The molecule has 3 aliphatic carbocycles. The molecule has 5 atom stereocenters. The van der Waals surface area contributed by atoms with E-state index in [1.165, 1.54) is 12.8 Å². The molecule has 8 nitrogen and oxygen atoms in total. The van der Waals surface area contributed by atoms with Crippen LogP contribution in [0.3, 0.4) is 0 Å². The predicted octanol–water partition coefficient (Wildman–Crippen LogP) is 3.91. The van der Waals surface area contributed by atoms with Crippen LogP contribution in [0.25, 0.3) is 20.8 Å². The molecular formula is C25H32N6O2S. The largest absolute Gasteiger partial charge is 0.390 e. The summed E-state index contributed by atoms with van der Waals surface area (Å²) in [7, 11) is 0. The van der Waals surface area contributed by atoms with Crippen molar-refractivity contribution in [1.82, 2.24) is 19.9 Å². The molecule has 3 aromatic rings. The van der Waals surface area contributed by atoms with Gasteiger partial charge < -0.3 is 20.8 Å². The highest BCUT2D eigenvalue weighted by molar-refractivity contribution is 7.21. The first-order chi connectivity index (χ1) is 16.4. The second kappa shape index (κ2) is 8.39. The Morgan fingerprint density at radius 2 is 1.82 bits per heavy atom. The SMILES string of the molecule is Cc1nc(N[C@H](C)C2CC2)nc(N[C@@H]2C[C@H](C3CC3)[C@@H](O)[C@H]2O)c1-c1nc2c(C)nccc2s1. The average molecular weight is 481 g/mol. The van der Waals surface area contributed by atoms with Gasteiger partial charge in [-0.3, -0.25) is 4.98 Å². The van der Waals surface area contributed by atoms with Crippen LogP contribution in [0.4, 0.5) is 11.8 Å². The van der Waals surface area contributed by atoms with Crippen molar-refractivity contribution in [2.24, 2.45) is 17.8 Å². The maximum absolute atomic E-state index is 10.9. The Labute approximate surface area is 203 Å². The average Bonchev–Trinajstić information content (AvgIpc) is 3.72. The van der Waals surface area contributed by atoms with Gasteiger partial charge in [0.2, 0.25) is 5.95 Å². The van der Waals surface area contributed by atoms with Gasteiger partial charge >= 0.3 is 0 Å². The van der Waals surface area contributed by atoms with Gasteiger partial charge in [-0.2, -0.15) is 4.98 Å². The van der Waals surface area contributed by atoms with Crippen LogP contribution in [0.5, 0.6) is 0 Å². The zero-order chi connectivity index (χ0) is 23.6. The molecule has 3 heterocycles. The topological polar surface area (TPSA) is 116 Å². The third-order valence-corrected chi connectivity index (χ3v) is 8.79. The Morgan fingerprint density at radius 1 is 1.03 bits per heavy atom. The number of pyridine rings is 1. The lowest BCUT2D eigenvalue weighted by atomic mass is 10.00.